The van der Waals surface area contributed by atoms with Crippen molar-refractivity contribution in [2.45, 2.75) is 12.8 Å². The Labute approximate surface area is 151 Å². The molecule has 0 aromatic heterocycles. The van der Waals surface area contributed by atoms with E-state index in [1.54, 1.807) is 25.3 Å². The summed E-state index contributed by atoms with van der Waals surface area (Å²) in [6.07, 6.45) is 1.70. The highest BCUT2D eigenvalue weighted by Crippen LogP contribution is 2.27. The number of amides is 1. The van der Waals surface area contributed by atoms with Crippen LogP contribution in [0, 0.1) is 0 Å². The maximum atomic E-state index is 11.8. The largest absolute Gasteiger partial charge is 0.497 e. The second kappa shape index (κ2) is 9.40. The lowest BCUT2D eigenvalue weighted by atomic mass is 10.1. The monoisotopic (exact) mass is 367 g/mol. The highest BCUT2D eigenvalue weighted by atomic mass is 35.5. The number of hydrogen-bond acceptors (Lipinski definition) is 3. The molecule has 128 valence electrons. The van der Waals surface area contributed by atoms with Crippen LogP contribution >= 0.6 is 23.2 Å². The summed E-state index contributed by atoms with van der Waals surface area (Å²) in [5, 5.41) is 3.72. The van der Waals surface area contributed by atoms with Crippen LogP contribution in [0.3, 0.4) is 0 Å². The summed E-state index contributed by atoms with van der Waals surface area (Å²) in [6, 6.07) is 12.8. The molecule has 24 heavy (non-hydrogen) atoms. The molecule has 2 aromatic rings. The lowest BCUT2D eigenvalue weighted by Gasteiger charge is -2.09. The molecule has 4 nitrogen and oxygen atoms in total. The fraction of sp³-hybridized carbons (Fsp3) is 0.278. The molecular formula is C18H19Cl2NO3. The Morgan fingerprint density at radius 2 is 2.00 bits per heavy atom. The average molecular weight is 368 g/mol. The molecule has 0 atom stereocenters. The predicted octanol–water partition coefficient (Wildman–Crippen LogP) is 4.13. The molecule has 0 unspecified atom stereocenters. The molecule has 1 amide bonds. The van der Waals surface area contributed by atoms with Crippen LogP contribution in [0.4, 0.5) is 0 Å². The molecular weight excluding hydrogens is 349 g/mol. The predicted molar refractivity (Wildman–Crippen MR) is 96.3 cm³/mol. The third-order valence-corrected chi connectivity index (χ3v) is 3.88. The Bertz CT molecular complexity index is 692. The third-order valence-electron chi connectivity index (χ3n) is 3.35. The number of methoxy groups -OCH3 is 1. The standard InChI is InChI=1S/C18H19Cl2NO3/c1-23-15-6-2-4-13(10-15)5-3-9-21-18(22)12-24-17-8-7-14(19)11-16(17)20/h2,4,6-8,10-11H,3,5,9,12H2,1H3,(H,21,22). The molecule has 0 aliphatic rings. The molecule has 0 spiro atoms. The van der Waals surface area contributed by atoms with Gasteiger partial charge in [-0.1, -0.05) is 35.3 Å². The number of rotatable bonds is 8. The van der Waals surface area contributed by atoms with Crippen molar-refractivity contribution in [2.75, 3.05) is 20.3 Å². The van der Waals surface area contributed by atoms with E-state index in [4.69, 9.17) is 32.7 Å². The molecule has 0 fully saturated rings. The molecule has 0 aliphatic carbocycles. The van der Waals surface area contributed by atoms with Crippen molar-refractivity contribution >= 4 is 29.1 Å². The first-order valence-electron chi connectivity index (χ1n) is 7.56. The van der Waals surface area contributed by atoms with Crippen LogP contribution in [-0.2, 0) is 11.2 Å². The van der Waals surface area contributed by atoms with Crippen molar-refractivity contribution in [1.82, 2.24) is 5.32 Å². The van der Waals surface area contributed by atoms with Gasteiger partial charge >= 0.3 is 0 Å². The molecule has 2 rings (SSSR count). The Balaban J connectivity index is 1.67. The first-order valence-corrected chi connectivity index (χ1v) is 8.31. The van der Waals surface area contributed by atoms with E-state index < -0.39 is 0 Å². The Kier molecular flexibility index (Phi) is 7.22. The Morgan fingerprint density at radius 3 is 2.75 bits per heavy atom. The van der Waals surface area contributed by atoms with Crippen molar-refractivity contribution in [2.24, 2.45) is 0 Å². The summed E-state index contributed by atoms with van der Waals surface area (Å²) >= 11 is 11.8. The minimum absolute atomic E-state index is 0.0828. The molecule has 6 heteroatoms. The second-order valence-electron chi connectivity index (χ2n) is 5.17. The second-order valence-corrected chi connectivity index (χ2v) is 6.01. The number of aryl methyl sites for hydroxylation is 1. The first kappa shape index (κ1) is 18.4. The van der Waals surface area contributed by atoms with Gasteiger partial charge in [-0.05, 0) is 48.7 Å². The zero-order valence-electron chi connectivity index (χ0n) is 13.4. The van der Waals surface area contributed by atoms with Crippen molar-refractivity contribution < 1.29 is 14.3 Å². The summed E-state index contributed by atoms with van der Waals surface area (Å²) in [7, 11) is 1.65. The van der Waals surface area contributed by atoms with Crippen LogP contribution < -0.4 is 14.8 Å². The lowest BCUT2D eigenvalue weighted by Crippen LogP contribution is -2.29. The van der Waals surface area contributed by atoms with E-state index in [1.165, 1.54) is 5.56 Å². The Morgan fingerprint density at radius 1 is 1.17 bits per heavy atom. The van der Waals surface area contributed by atoms with Crippen LogP contribution in [-0.4, -0.2) is 26.2 Å². The molecule has 0 radical (unpaired) electrons. The van der Waals surface area contributed by atoms with Gasteiger partial charge in [0.2, 0.25) is 0 Å². The van der Waals surface area contributed by atoms with Crippen molar-refractivity contribution in [3.63, 3.8) is 0 Å². The zero-order valence-corrected chi connectivity index (χ0v) is 14.9. The molecule has 0 saturated carbocycles. The Hall–Kier alpha value is -1.91. The maximum absolute atomic E-state index is 11.8. The van der Waals surface area contributed by atoms with E-state index in [1.807, 2.05) is 24.3 Å². The number of carbonyl (C=O) groups is 1. The highest BCUT2D eigenvalue weighted by Gasteiger charge is 2.06. The number of hydrogen-bond donors (Lipinski definition) is 1. The summed E-state index contributed by atoms with van der Waals surface area (Å²) < 4.78 is 10.6. The summed E-state index contributed by atoms with van der Waals surface area (Å²) in [6.45, 7) is 0.494. The van der Waals surface area contributed by atoms with Gasteiger partial charge in [-0.2, -0.15) is 0 Å². The van der Waals surface area contributed by atoms with Gasteiger partial charge in [0, 0.05) is 11.6 Å². The van der Waals surface area contributed by atoms with E-state index in [-0.39, 0.29) is 12.5 Å². The molecule has 0 bridgehead atoms. The van der Waals surface area contributed by atoms with E-state index in [9.17, 15) is 4.79 Å². The van der Waals surface area contributed by atoms with Crippen molar-refractivity contribution in [3.05, 3.63) is 58.1 Å². The van der Waals surface area contributed by atoms with E-state index in [2.05, 4.69) is 5.32 Å². The average Bonchev–Trinajstić information content (AvgIpc) is 2.58. The molecule has 2 aromatic carbocycles. The van der Waals surface area contributed by atoms with Gasteiger partial charge in [-0.25, -0.2) is 0 Å². The zero-order chi connectivity index (χ0) is 17.4. The number of nitrogens with one attached hydrogen (secondary N) is 1. The number of ether oxygens (including phenoxy) is 2. The SMILES string of the molecule is COc1cccc(CCCNC(=O)COc2ccc(Cl)cc2Cl)c1. The van der Waals surface area contributed by atoms with Gasteiger partial charge in [-0.3, -0.25) is 4.79 Å². The number of halogens is 2. The van der Waals surface area contributed by atoms with E-state index in [0.29, 0.717) is 22.3 Å². The maximum Gasteiger partial charge on any atom is 0.257 e. The topological polar surface area (TPSA) is 47.6 Å². The fourth-order valence-electron chi connectivity index (χ4n) is 2.13. The first-order chi connectivity index (χ1) is 11.6. The number of carbonyl (C=O) groups excluding carboxylic acids is 1. The quantitative estimate of drug-likeness (QED) is 0.713. The minimum atomic E-state index is -0.188. The van der Waals surface area contributed by atoms with Crippen LogP contribution in [0.5, 0.6) is 11.5 Å². The number of benzene rings is 2. The van der Waals surface area contributed by atoms with Gasteiger partial charge in [0.1, 0.15) is 11.5 Å². The van der Waals surface area contributed by atoms with Gasteiger partial charge < -0.3 is 14.8 Å². The van der Waals surface area contributed by atoms with Gasteiger partial charge in [0.25, 0.3) is 5.91 Å². The summed E-state index contributed by atoms with van der Waals surface area (Å²) in [5.41, 5.74) is 1.17. The minimum Gasteiger partial charge on any atom is -0.497 e. The smallest absolute Gasteiger partial charge is 0.257 e. The van der Waals surface area contributed by atoms with Crippen LogP contribution in [0.15, 0.2) is 42.5 Å². The van der Waals surface area contributed by atoms with E-state index >= 15 is 0 Å². The van der Waals surface area contributed by atoms with E-state index in [0.717, 1.165) is 18.6 Å². The lowest BCUT2D eigenvalue weighted by molar-refractivity contribution is -0.123. The third kappa shape index (κ3) is 5.95. The van der Waals surface area contributed by atoms with Crippen LogP contribution in [0.25, 0.3) is 0 Å². The highest BCUT2D eigenvalue weighted by molar-refractivity contribution is 6.35. The van der Waals surface area contributed by atoms with Crippen LogP contribution in [0.1, 0.15) is 12.0 Å². The van der Waals surface area contributed by atoms with Gasteiger partial charge in [0.05, 0.1) is 12.1 Å². The van der Waals surface area contributed by atoms with Crippen LogP contribution in [0.2, 0.25) is 10.0 Å². The fourth-order valence-corrected chi connectivity index (χ4v) is 2.60. The normalized spacial score (nSPS) is 10.3. The molecule has 0 saturated heterocycles. The molecule has 0 aliphatic heterocycles. The van der Waals surface area contributed by atoms with Gasteiger partial charge in [0.15, 0.2) is 6.61 Å². The molecule has 0 heterocycles. The van der Waals surface area contributed by atoms with Crippen molar-refractivity contribution in [1.29, 1.82) is 0 Å². The van der Waals surface area contributed by atoms with Crippen molar-refractivity contribution in [3.8, 4) is 11.5 Å². The summed E-state index contributed by atoms with van der Waals surface area (Å²) in [4.78, 5) is 11.8. The van der Waals surface area contributed by atoms with Gasteiger partial charge in [-0.15, -0.1) is 0 Å². The summed E-state index contributed by atoms with van der Waals surface area (Å²) in [5.74, 6) is 1.09. The molecule has 1 N–H and O–H groups in total.